The van der Waals surface area contributed by atoms with E-state index in [1.165, 1.54) is 0 Å². The smallest absolute Gasteiger partial charge is 0.460 e. The summed E-state index contributed by atoms with van der Waals surface area (Å²) in [4.78, 5) is 10.3. The average molecular weight is 519 g/mol. The monoisotopic (exact) mass is 519 g/mol. The van der Waals surface area contributed by atoms with E-state index in [4.69, 9.17) is 5.11 Å². The van der Waals surface area contributed by atoms with Crippen LogP contribution in [0.1, 0.15) is 0 Å². The van der Waals surface area contributed by atoms with E-state index < -0.39 is 74.2 Å². The van der Waals surface area contributed by atoms with Gasteiger partial charge in [-0.15, -0.1) is 4.31 Å². The van der Waals surface area contributed by atoms with Gasteiger partial charge in [-0.2, -0.15) is 65.9 Å². The van der Waals surface area contributed by atoms with Crippen molar-refractivity contribution in [2.75, 3.05) is 7.05 Å². The molecule has 1 N–H and O–H groups in total. The maximum atomic E-state index is 13.7. The normalized spacial score (nSPS) is 15.3. The Morgan fingerprint density at radius 1 is 0.774 bits per heavy atom. The Bertz CT molecular complexity index is 856. The van der Waals surface area contributed by atoms with Crippen molar-refractivity contribution >= 4 is 16.0 Å². The Labute approximate surface area is 159 Å². The molecule has 0 saturated carbocycles. The van der Waals surface area contributed by atoms with Gasteiger partial charge in [0.25, 0.3) is 16.1 Å². The lowest BCUT2D eigenvalue weighted by molar-refractivity contribution is -0.383. The van der Waals surface area contributed by atoms with Gasteiger partial charge in [-0.3, -0.25) is 0 Å². The minimum Gasteiger partial charge on any atom is -0.478 e. The van der Waals surface area contributed by atoms with E-state index in [1.54, 1.807) is 0 Å². The summed E-state index contributed by atoms with van der Waals surface area (Å²) in [5, 5.41) is 0.179. The van der Waals surface area contributed by atoms with Crippen molar-refractivity contribution in [3.63, 3.8) is 0 Å². The van der Waals surface area contributed by atoms with Gasteiger partial charge in [0.05, 0.1) is 0 Å². The largest absolute Gasteiger partial charge is 0.478 e. The molecule has 0 spiro atoms. The molecule has 21 heteroatoms. The standard InChI is InChI=1S/C10H4F15NO4S/c1-26(9(22,23)5(13,14)2(3(11)12)4(27)28)31(29,30)10(24,25)7(17,18)6(15,16)8(19,20)21/h1H3,(H,27,28). The summed E-state index contributed by atoms with van der Waals surface area (Å²) >= 11 is 0. The lowest BCUT2D eigenvalue weighted by Crippen LogP contribution is -2.67. The van der Waals surface area contributed by atoms with E-state index >= 15 is 0 Å². The Morgan fingerprint density at radius 3 is 1.39 bits per heavy atom. The van der Waals surface area contributed by atoms with Crippen LogP contribution in [-0.4, -0.2) is 66.1 Å². The van der Waals surface area contributed by atoms with Gasteiger partial charge in [-0.25, -0.2) is 13.2 Å². The van der Waals surface area contributed by atoms with E-state index in [2.05, 4.69) is 0 Å². The number of carboxylic acids is 1. The van der Waals surface area contributed by atoms with Crippen LogP contribution in [0.15, 0.2) is 11.7 Å². The molecule has 0 rings (SSSR count). The summed E-state index contributed by atoms with van der Waals surface area (Å²) in [6.07, 6.45) is -11.8. The van der Waals surface area contributed by atoms with Crippen LogP contribution in [0.3, 0.4) is 0 Å². The number of rotatable bonds is 8. The summed E-state index contributed by atoms with van der Waals surface area (Å²) in [6.45, 7) is 0. The van der Waals surface area contributed by atoms with Crippen LogP contribution in [0.25, 0.3) is 0 Å². The lowest BCUT2D eigenvalue weighted by atomic mass is 10.1. The van der Waals surface area contributed by atoms with Crippen LogP contribution in [0.4, 0.5) is 65.9 Å². The summed E-state index contributed by atoms with van der Waals surface area (Å²) < 4.78 is 213. The van der Waals surface area contributed by atoms with Crippen molar-refractivity contribution < 1.29 is 84.2 Å². The first-order chi connectivity index (χ1) is 13.2. The van der Waals surface area contributed by atoms with Crippen LogP contribution >= 0.6 is 0 Å². The van der Waals surface area contributed by atoms with Crippen molar-refractivity contribution in [2.45, 2.75) is 35.2 Å². The fourth-order valence-corrected chi connectivity index (χ4v) is 2.74. The molecule has 0 fully saturated rings. The van der Waals surface area contributed by atoms with Gasteiger partial charge in [-0.1, -0.05) is 0 Å². The zero-order chi connectivity index (χ0) is 25.8. The number of carbonyl (C=O) groups is 1. The SMILES string of the molecule is CN(C(F)(F)C(F)(F)C(C(=O)O)=C(F)F)S(=O)(=O)C(F)(F)C(F)(F)C(F)(F)C(F)(F)F. The van der Waals surface area contributed by atoms with E-state index in [-0.39, 0.29) is 0 Å². The molecule has 0 aliphatic carbocycles. The topological polar surface area (TPSA) is 74.7 Å². The highest BCUT2D eigenvalue weighted by molar-refractivity contribution is 7.90. The van der Waals surface area contributed by atoms with Gasteiger partial charge in [0.1, 0.15) is 0 Å². The highest BCUT2D eigenvalue weighted by atomic mass is 32.2. The van der Waals surface area contributed by atoms with Crippen molar-refractivity contribution in [3.05, 3.63) is 11.7 Å². The Kier molecular flexibility index (Phi) is 7.11. The Balaban J connectivity index is 6.84. The van der Waals surface area contributed by atoms with Crippen molar-refractivity contribution in [2.24, 2.45) is 0 Å². The maximum absolute atomic E-state index is 13.7. The molecule has 184 valence electrons. The summed E-state index contributed by atoms with van der Waals surface area (Å²) in [5.41, 5.74) is -3.93. The molecule has 0 aromatic rings. The predicted molar refractivity (Wildman–Crippen MR) is 64.4 cm³/mol. The van der Waals surface area contributed by atoms with Crippen LogP contribution in [0, 0.1) is 0 Å². The quantitative estimate of drug-likeness (QED) is 0.298. The fourth-order valence-electron chi connectivity index (χ4n) is 1.53. The molecule has 0 aromatic heterocycles. The van der Waals surface area contributed by atoms with Crippen LogP contribution in [0.5, 0.6) is 0 Å². The van der Waals surface area contributed by atoms with Crippen LogP contribution < -0.4 is 0 Å². The van der Waals surface area contributed by atoms with E-state index in [0.29, 0.717) is 0 Å². The average Bonchev–Trinajstić information content (AvgIpc) is 2.50. The second-order valence-corrected chi connectivity index (χ2v) is 7.20. The van der Waals surface area contributed by atoms with Gasteiger partial charge in [0.15, 0.2) is 5.57 Å². The van der Waals surface area contributed by atoms with E-state index in [9.17, 15) is 79.1 Å². The van der Waals surface area contributed by atoms with Crippen molar-refractivity contribution in [1.29, 1.82) is 0 Å². The predicted octanol–water partition coefficient (Wildman–Crippen LogP) is 4.14. The molecule has 0 atom stereocenters. The van der Waals surface area contributed by atoms with E-state index in [0.717, 1.165) is 0 Å². The third-order valence-electron chi connectivity index (χ3n) is 3.29. The molecular formula is C10H4F15NO4S. The molecule has 0 aromatic carbocycles. The molecule has 0 saturated heterocycles. The minimum absolute atomic E-state index is 1.23. The molecule has 31 heavy (non-hydrogen) atoms. The van der Waals surface area contributed by atoms with E-state index in [1.807, 2.05) is 0 Å². The van der Waals surface area contributed by atoms with Gasteiger partial charge in [-0.05, 0) is 0 Å². The number of nitrogens with zero attached hydrogens (tertiary/aromatic N) is 1. The molecule has 0 unspecified atom stereocenters. The zero-order valence-corrected chi connectivity index (χ0v) is 14.5. The first-order valence-electron chi connectivity index (χ1n) is 6.40. The number of alkyl halides is 13. The Morgan fingerprint density at radius 2 is 1.13 bits per heavy atom. The highest BCUT2D eigenvalue weighted by Crippen LogP contribution is 2.56. The molecule has 0 heterocycles. The number of halogens is 15. The third-order valence-corrected chi connectivity index (χ3v) is 5.15. The fraction of sp³-hybridized carbons (Fsp3) is 0.700. The molecule has 5 nitrogen and oxygen atoms in total. The molecule has 0 radical (unpaired) electrons. The van der Waals surface area contributed by atoms with Crippen molar-refractivity contribution in [3.8, 4) is 0 Å². The first-order valence-corrected chi connectivity index (χ1v) is 7.84. The molecular weight excluding hydrogens is 515 g/mol. The van der Waals surface area contributed by atoms with Gasteiger partial charge >= 0.3 is 41.2 Å². The molecule has 0 amide bonds. The lowest BCUT2D eigenvalue weighted by Gasteiger charge is -2.38. The third kappa shape index (κ3) is 4.00. The molecule has 0 bridgehead atoms. The number of hydrogen-bond acceptors (Lipinski definition) is 3. The van der Waals surface area contributed by atoms with Gasteiger partial charge in [0, 0.05) is 7.05 Å². The molecule has 0 aliphatic rings. The summed E-state index contributed by atoms with van der Waals surface area (Å²) in [6, 6.07) is -7.14. The number of carboxylic acid groups (broad SMARTS) is 1. The van der Waals surface area contributed by atoms with Crippen molar-refractivity contribution in [1.82, 2.24) is 4.31 Å². The molecule has 0 aliphatic heterocycles. The summed E-state index contributed by atoms with van der Waals surface area (Å²) in [5.74, 6) is -26.7. The number of aliphatic carboxylic acids is 1. The van der Waals surface area contributed by atoms with Crippen LogP contribution in [0.2, 0.25) is 0 Å². The second kappa shape index (κ2) is 7.59. The first kappa shape index (κ1) is 29.1. The maximum Gasteiger partial charge on any atom is 0.460 e. The zero-order valence-electron chi connectivity index (χ0n) is 13.7. The van der Waals surface area contributed by atoms with Gasteiger partial charge in [0.2, 0.25) is 0 Å². The highest BCUT2D eigenvalue weighted by Gasteiger charge is 2.87. The van der Waals surface area contributed by atoms with Crippen LogP contribution in [-0.2, 0) is 14.8 Å². The number of sulfonamides is 1. The van der Waals surface area contributed by atoms with Gasteiger partial charge < -0.3 is 5.11 Å². The Hall–Kier alpha value is -1.93. The summed E-state index contributed by atoms with van der Waals surface area (Å²) in [7, 11) is -9.61. The second-order valence-electron chi connectivity index (χ2n) is 5.19. The number of hydrogen-bond donors (Lipinski definition) is 1. The minimum atomic E-state index is -8.39.